The molecule has 8 heteroatoms. The number of rotatable bonds is 30. The van der Waals surface area contributed by atoms with Gasteiger partial charge in [-0.15, -0.1) is 0 Å². The van der Waals surface area contributed by atoms with E-state index < -0.39 is 12.2 Å². The number of benzene rings is 3. The summed E-state index contributed by atoms with van der Waals surface area (Å²) in [5.41, 5.74) is 0. The molecule has 2 atom stereocenters. The number of esters is 2. The quantitative estimate of drug-likeness (QED) is 0.0382. The van der Waals surface area contributed by atoms with Crippen LogP contribution in [0, 0.1) is 0 Å². The summed E-state index contributed by atoms with van der Waals surface area (Å²) in [5, 5.41) is 3.52. The predicted octanol–water partition coefficient (Wildman–Crippen LogP) is 10.9. The maximum atomic E-state index is 12.8. The SMILES string of the molecule is CCCCCCOCC(COc1c2ccccc2c(OCC(COCCCCCC)OC(=O)CCCCC)c2ccccc12)OC(=O)CCCCC. The van der Waals surface area contributed by atoms with Crippen LogP contribution in [-0.2, 0) is 28.5 Å². The van der Waals surface area contributed by atoms with Crippen LogP contribution < -0.4 is 9.47 Å². The van der Waals surface area contributed by atoms with Gasteiger partial charge < -0.3 is 28.4 Å². The Labute approximate surface area is 313 Å². The lowest BCUT2D eigenvalue weighted by Crippen LogP contribution is -2.30. The van der Waals surface area contributed by atoms with Crippen LogP contribution in [0.4, 0.5) is 0 Å². The molecule has 0 bridgehead atoms. The van der Waals surface area contributed by atoms with Crippen molar-refractivity contribution in [2.75, 3.05) is 39.6 Å². The van der Waals surface area contributed by atoms with Crippen molar-refractivity contribution in [2.45, 2.75) is 143 Å². The lowest BCUT2D eigenvalue weighted by atomic mass is 10.0. The smallest absolute Gasteiger partial charge is 0.306 e. The molecule has 0 heterocycles. The molecule has 0 amide bonds. The second-order valence-electron chi connectivity index (χ2n) is 13.8. The molecule has 0 aromatic heterocycles. The summed E-state index contributed by atoms with van der Waals surface area (Å²) >= 11 is 0. The highest BCUT2D eigenvalue weighted by Gasteiger charge is 2.22. The number of hydrogen-bond acceptors (Lipinski definition) is 8. The van der Waals surface area contributed by atoms with E-state index in [1.54, 1.807) is 0 Å². The number of unbranched alkanes of at least 4 members (excludes halogenated alkanes) is 10. The Morgan fingerprint density at radius 2 is 0.808 bits per heavy atom. The van der Waals surface area contributed by atoms with E-state index in [4.69, 9.17) is 28.4 Å². The van der Waals surface area contributed by atoms with Gasteiger partial charge in [-0.25, -0.2) is 0 Å². The normalized spacial score (nSPS) is 12.5. The Morgan fingerprint density at radius 1 is 0.462 bits per heavy atom. The van der Waals surface area contributed by atoms with Crippen LogP contribution in [0.5, 0.6) is 11.5 Å². The number of carbonyl (C=O) groups is 2. The zero-order valence-corrected chi connectivity index (χ0v) is 32.6. The van der Waals surface area contributed by atoms with E-state index in [1.165, 1.54) is 25.7 Å². The highest BCUT2D eigenvalue weighted by molar-refractivity contribution is 6.11. The predicted molar refractivity (Wildman–Crippen MR) is 210 cm³/mol. The molecule has 3 aromatic rings. The van der Waals surface area contributed by atoms with Gasteiger partial charge in [0.2, 0.25) is 0 Å². The van der Waals surface area contributed by atoms with Gasteiger partial charge in [0.05, 0.1) is 13.2 Å². The Morgan fingerprint density at radius 3 is 1.15 bits per heavy atom. The molecule has 290 valence electrons. The molecule has 2 unspecified atom stereocenters. The number of hydrogen-bond donors (Lipinski definition) is 0. The van der Waals surface area contributed by atoms with Gasteiger partial charge in [0.25, 0.3) is 0 Å². The van der Waals surface area contributed by atoms with Gasteiger partial charge >= 0.3 is 11.9 Å². The molecule has 0 aliphatic rings. The first-order valence-corrected chi connectivity index (χ1v) is 20.3. The fourth-order valence-corrected chi connectivity index (χ4v) is 6.16. The third-order valence-electron chi connectivity index (χ3n) is 9.12. The summed E-state index contributed by atoms with van der Waals surface area (Å²) < 4.78 is 37.0. The molecule has 0 spiro atoms. The Balaban J connectivity index is 1.82. The van der Waals surface area contributed by atoms with Crippen LogP contribution in [0.15, 0.2) is 48.5 Å². The molecule has 0 aliphatic heterocycles. The monoisotopic (exact) mass is 722 g/mol. The van der Waals surface area contributed by atoms with E-state index in [-0.39, 0.29) is 38.4 Å². The Hall–Kier alpha value is -3.36. The minimum Gasteiger partial charge on any atom is -0.488 e. The molecule has 0 saturated carbocycles. The fourth-order valence-electron chi connectivity index (χ4n) is 6.16. The van der Waals surface area contributed by atoms with Crippen molar-refractivity contribution in [3.8, 4) is 11.5 Å². The van der Waals surface area contributed by atoms with Gasteiger partial charge in [-0.3, -0.25) is 9.59 Å². The summed E-state index contributed by atoms with van der Waals surface area (Å²) in [6.45, 7) is 10.7. The van der Waals surface area contributed by atoms with Crippen LogP contribution in [0.3, 0.4) is 0 Å². The van der Waals surface area contributed by atoms with E-state index in [9.17, 15) is 9.59 Å². The van der Waals surface area contributed by atoms with Crippen LogP contribution in [0.2, 0.25) is 0 Å². The molecule has 0 fully saturated rings. The van der Waals surface area contributed by atoms with Crippen molar-refractivity contribution in [3.05, 3.63) is 48.5 Å². The lowest BCUT2D eigenvalue weighted by Gasteiger charge is -2.23. The standard InChI is InChI=1S/C44H66O8/c1-5-9-13-21-29-47-31-35(51-41(45)27-15-11-7-3)33-49-43-37-23-17-19-25-39(37)44(40-26-20-18-24-38(40)43)50-34-36(32-48-30-22-14-10-6-2)52-42(46)28-16-12-8-4/h17-20,23-26,35-36H,5-16,21-22,27-34H2,1-4H3. The fraction of sp³-hybridized carbons (Fsp3) is 0.636. The minimum absolute atomic E-state index is 0.161. The Kier molecular flexibility index (Phi) is 21.9. The molecule has 3 aromatic carbocycles. The van der Waals surface area contributed by atoms with Gasteiger partial charge in [-0.05, 0) is 25.7 Å². The third kappa shape index (κ3) is 15.7. The molecule has 0 radical (unpaired) electrons. The average molecular weight is 723 g/mol. The lowest BCUT2D eigenvalue weighted by molar-refractivity contribution is -0.155. The highest BCUT2D eigenvalue weighted by atomic mass is 16.6. The second kappa shape index (κ2) is 26.4. The van der Waals surface area contributed by atoms with Crippen LogP contribution in [0.1, 0.15) is 130 Å². The summed E-state index contributed by atoms with van der Waals surface area (Å²) in [7, 11) is 0. The van der Waals surface area contributed by atoms with Crippen LogP contribution >= 0.6 is 0 Å². The summed E-state index contributed by atoms with van der Waals surface area (Å²) in [6, 6.07) is 16.0. The van der Waals surface area contributed by atoms with Gasteiger partial charge in [0.1, 0.15) is 24.7 Å². The summed E-state index contributed by atoms with van der Waals surface area (Å²) in [4.78, 5) is 25.6. The van der Waals surface area contributed by atoms with Crippen molar-refractivity contribution in [3.63, 3.8) is 0 Å². The Bertz CT molecular complexity index is 1260. The molecular weight excluding hydrogens is 656 g/mol. The number of ether oxygens (including phenoxy) is 6. The minimum atomic E-state index is -0.538. The van der Waals surface area contributed by atoms with Crippen molar-refractivity contribution < 1.29 is 38.0 Å². The first kappa shape index (κ1) is 43.0. The average Bonchev–Trinajstić information content (AvgIpc) is 3.15. The largest absolute Gasteiger partial charge is 0.488 e. The molecular formula is C44H66O8. The van der Waals surface area contributed by atoms with Gasteiger partial charge in [-0.2, -0.15) is 0 Å². The number of fused-ring (bicyclic) bond motifs is 2. The molecule has 8 nitrogen and oxygen atoms in total. The first-order valence-electron chi connectivity index (χ1n) is 20.3. The van der Waals surface area contributed by atoms with Gasteiger partial charge in [-0.1, -0.05) is 140 Å². The van der Waals surface area contributed by atoms with E-state index >= 15 is 0 Å². The van der Waals surface area contributed by atoms with Crippen molar-refractivity contribution in [1.82, 2.24) is 0 Å². The van der Waals surface area contributed by atoms with Gasteiger partial charge in [0, 0.05) is 47.6 Å². The van der Waals surface area contributed by atoms with E-state index in [2.05, 4.69) is 27.7 Å². The van der Waals surface area contributed by atoms with Crippen molar-refractivity contribution in [2.24, 2.45) is 0 Å². The maximum Gasteiger partial charge on any atom is 0.306 e. The van der Waals surface area contributed by atoms with E-state index in [1.807, 2.05) is 48.5 Å². The first-order chi connectivity index (χ1) is 25.5. The zero-order chi connectivity index (χ0) is 37.2. The number of carbonyl (C=O) groups excluding carboxylic acids is 2. The van der Waals surface area contributed by atoms with Crippen LogP contribution in [0.25, 0.3) is 21.5 Å². The molecule has 0 saturated heterocycles. The molecule has 0 N–H and O–H groups in total. The topological polar surface area (TPSA) is 89.5 Å². The highest BCUT2D eigenvalue weighted by Crippen LogP contribution is 2.43. The van der Waals surface area contributed by atoms with E-state index in [0.717, 1.165) is 85.8 Å². The molecule has 3 rings (SSSR count). The van der Waals surface area contributed by atoms with Crippen LogP contribution in [-0.4, -0.2) is 63.8 Å². The van der Waals surface area contributed by atoms with E-state index in [0.29, 0.717) is 37.6 Å². The van der Waals surface area contributed by atoms with Crippen molar-refractivity contribution >= 4 is 33.5 Å². The third-order valence-corrected chi connectivity index (χ3v) is 9.12. The maximum absolute atomic E-state index is 12.8. The van der Waals surface area contributed by atoms with Gasteiger partial charge in [0.15, 0.2) is 12.2 Å². The summed E-state index contributed by atoms with van der Waals surface area (Å²) in [5.74, 6) is 0.951. The van der Waals surface area contributed by atoms with Crippen molar-refractivity contribution in [1.29, 1.82) is 0 Å². The molecule has 0 aliphatic carbocycles. The zero-order valence-electron chi connectivity index (χ0n) is 32.6. The second-order valence-corrected chi connectivity index (χ2v) is 13.8. The summed E-state index contributed by atoms with van der Waals surface area (Å²) in [6.07, 6.45) is 14.3. The molecule has 52 heavy (non-hydrogen) atoms.